The van der Waals surface area contributed by atoms with Crippen LogP contribution >= 0.6 is 11.3 Å². The van der Waals surface area contributed by atoms with E-state index in [4.69, 9.17) is 4.74 Å². The number of aromatic nitrogens is 4. The van der Waals surface area contributed by atoms with Gasteiger partial charge in [0.1, 0.15) is 11.9 Å². The SMILES string of the molecule is Cc1ccn(-c2ccc(-c3nnc(OC4CC5CCC(C)C(C4F)N5C)s3)c(O)c2)n1. The fraction of sp³-hybridized carbons (Fsp3) is 0.500. The van der Waals surface area contributed by atoms with Crippen LogP contribution in [0.25, 0.3) is 16.3 Å². The second-order valence-electron chi connectivity index (χ2n) is 8.68. The quantitative estimate of drug-likeness (QED) is 0.657. The maximum atomic E-state index is 15.2. The van der Waals surface area contributed by atoms with Gasteiger partial charge in [0.25, 0.3) is 5.19 Å². The molecule has 0 amide bonds. The van der Waals surface area contributed by atoms with Crippen LogP contribution in [-0.4, -0.2) is 61.4 Å². The van der Waals surface area contributed by atoms with Crippen molar-refractivity contribution < 1.29 is 14.2 Å². The van der Waals surface area contributed by atoms with Gasteiger partial charge in [0.15, 0.2) is 11.2 Å². The summed E-state index contributed by atoms with van der Waals surface area (Å²) in [6.07, 6.45) is 3.04. The molecule has 5 unspecified atom stereocenters. The van der Waals surface area contributed by atoms with Gasteiger partial charge in [-0.05, 0) is 50.9 Å². The zero-order valence-corrected chi connectivity index (χ0v) is 18.6. The van der Waals surface area contributed by atoms with Crippen molar-refractivity contribution in [3.63, 3.8) is 0 Å². The molecule has 1 N–H and O–H groups in total. The smallest absolute Gasteiger partial charge is 0.294 e. The van der Waals surface area contributed by atoms with Gasteiger partial charge >= 0.3 is 0 Å². The third-order valence-corrected chi connectivity index (χ3v) is 7.48. The topological polar surface area (TPSA) is 76.3 Å². The van der Waals surface area contributed by atoms with Crippen LogP contribution in [0.5, 0.6) is 10.9 Å². The maximum absolute atomic E-state index is 15.2. The number of hydrogen-bond acceptors (Lipinski definition) is 7. The van der Waals surface area contributed by atoms with Crippen LogP contribution in [0, 0.1) is 12.8 Å². The van der Waals surface area contributed by atoms with E-state index in [1.165, 1.54) is 11.3 Å². The minimum Gasteiger partial charge on any atom is -0.507 e. The number of fused-ring (bicyclic) bond motifs is 2. The fourth-order valence-electron chi connectivity index (χ4n) is 4.93. The molecule has 2 fully saturated rings. The Morgan fingerprint density at radius 2 is 2.06 bits per heavy atom. The minimum absolute atomic E-state index is 0.0827. The first-order chi connectivity index (χ1) is 14.9. The average Bonchev–Trinajstić information content (AvgIpc) is 3.37. The molecule has 5 rings (SSSR count). The monoisotopic (exact) mass is 443 g/mol. The van der Waals surface area contributed by atoms with Crippen molar-refractivity contribution in [1.29, 1.82) is 0 Å². The third-order valence-electron chi connectivity index (χ3n) is 6.63. The van der Waals surface area contributed by atoms with Gasteiger partial charge in [-0.15, -0.1) is 5.10 Å². The lowest BCUT2D eigenvalue weighted by Crippen LogP contribution is -2.62. The Hall–Kier alpha value is -2.52. The van der Waals surface area contributed by atoms with Crippen LogP contribution in [-0.2, 0) is 0 Å². The molecule has 1 aromatic carbocycles. The number of nitrogens with zero attached hydrogens (tertiary/aromatic N) is 5. The van der Waals surface area contributed by atoms with E-state index in [0.29, 0.717) is 34.1 Å². The van der Waals surface area contributed by atoms with Gasteiger partial charge < -0.3 is 9.84 Å². The Bertz CT molecular complexity index is 1090. The highest BCUT2D eigenvalue weighted by Crippen LogP contribution is 2.41. The Balaban J connectivity index is 1.34. The number of phenols is 1. The molecular weight excluding hydrogens is 417 g/mol. The molecule has 0 spiro atoms. The van der Waals surface area contributed by atoms with E-state index < -0.39 is 12.3 Å². The summed E-state index contributed by atoms with van der Waals surface area (Å²) in [6.45, 7) is 4.03. The number of benzene rings is 1. The van der Waals surface area contributed by atoms with Crippen molar-refractivity contribution in [3.8, 4) is 27.2 Å². The van der Waals surface area contributed by atoms with Gasteiger partial charge in [-0.3, -0.25) is 4.90 Å². The van der Waals surface area contributed by atoms with Crippen molar-refractivity contribution in [2.24, 2.45) is 5.92 Å². The van der Waals surface area contributed by atoms with Gasteiger partial charge in [-0.25, -0.2) is 9.07 Å². The lowest BCUT2D eigenvalue weighted by molar-refractivity contribution is -0.0832. The molecule has 4 heterocycles. The second-order valence-corrected chi connectivity index (χ2v) is 9.62. The number of aryl methyl sites for hydroxylation is 1. The molecule has 2 aliphatic rings. The Kier molecular flexibility index (Phi) is 5.18. The fourth-order valence-corrected chi connectivity index (χ4v) is 5.71. The maximum Gasteiger partial charge on any atom is 0.294 e. The number of halogens is 1. The normalized spacial score (nSPS) is 28.6. The number of ether oxygens (including phenoxy) is 1. The highest BCUT2D eigenvalue weighted by atomic mass is 32.1. The largest absolute Gasteiger partial charge is 0.507 e. The van der Waals surface area contributed by atoms with Gasteiger partial charge in [0.2, 0.25) is 0 Å². The van der Waals surface area contributed by atoms with E-state index in [-0.39, 0.29) is 11.8 Å². The van der Waals surface area contributed by atoms with Gasteiger partial charge in [0.05, 0.1) is 16.9 Å². The standard InChI is InChI=1S/C22H26FN5O2S/c1-12-4-5-14-11-18(19(23)20(12)27(14)3)30-22-25-24-21(31-22)16-7-6-15(10-17(16)29)28-9-8-13(2)26-28/h6-10,12,14,18-20,29H,4-5,11H2,1-3H3. The van der Waals surface area contributed by atoms with Crippen LogP contribution in [0.1, 0.15) is 31.9 Å². The zero-order valence-electron chi connectivity index (χ0n) is 17.8. The number of phenolic OH excluding ortho intramolecular Hbond substituents is 1. The van der Waals surface area contributed by atoms with E-state index in [1.54, 1.807) is 16.8 Å². The van der Waals surface area contributed by atoms with Gasteiger partial charge in [-0.1, -0.05) is 23.4 Å². The molecule has 31 heavy (non-hydrogen) atoms. The predicted octanol–water partition coefficient (Wildman–Crippen LogP) is 3.99. The lowest BCUT2D eigenvalue weighted by atomic mass is 9.76. The Morgan fingerprint density at radius 1 is 1.23 bits per heavy atom. The summed E-state index contributed by atoms with van der Waals surface area (Å²) in [4.78, 5) is 2.19. The highest BCUT2D eigenvalue weighted by molar-refractivity contribution is 7.16. The molecule has 9 heteroatoms. The summed E-state index contributed by atoms with van der Waals surface area (Å²) in [5.74, 6) is 0.390. The van der Waals surface area contributed by atoms with E-state index in [9.17, 15) is 5.11 Å². The molecule has 5 atom stereocenters. The molecule has 0 radical (unpaired) electrons. The van der Waals surface area contributed by atoms with Crippen molar-refractivity contribution in [2.45, 2.75) is 57.5 Å². The number of aromatic hydroxyl groups is 1. The molecule has 2 bridgehead atoms. The van der Waals surface area contributed by atoms with E-state index in [2.05, 4.69) is 27.1 Å². The summed E-state index contributed by atoms with van der Waals surface area (Å²) in [6, 6.07) is 7.41. The van der Waals surface area contributed by atoms with E-state index in [0.717, 1.165) is 24.2 Å². The zero-order chi connectivity index (χ0) is 21.7. The van der Waals surface area contributed by atoms with Crippen LogP contribution in [0.15, 0.2) is 30.5 Å². The van der Waals surface area contributed by atoms with E-state index in [1.807, 2.05) is 32.3 Å². The minimum atomic E-state index is -1.06. The van der Waals surface area contributed by atoms with Gasteiger partial charge in [-0.2, -0.15) is 5.10 Å². The van der Waals surface area contributed by atoms with Crippen LogP contribution in [0.3, 0.4) is 0 Å². The number of piperidine rings is 2. The van der Waals surface area contributed by atoms with Gasteiger partial charge in [0, 0.05) is 30.8 Å². The molecule has 0 aliphatic carbocycles. The van der Waals surface area contributed by atoms with Crippen molar-refractivity contribution in [3.05, 3.63) is 36.2 Å². The number of hydrogen-bond donors (Lipinski definition) is 1. The molecule has 3 aromatic rings. The molecule has 2 aliphatic heterocycles. The molecular formula is C22H26FN5O2S. The summed E-state index contributed by atoms with van der Waals surface area (Å²) >= 11 is 1.22. The van der Waals surface area contributed by atoms with Crippen LogP contribution in [0.2, 0.25) is 0 Å². The lowest BCUT2D eigenvalue weighted by Gasteiger charge is -2.51. The van der Waals surface area contributed by atoms with E-state index >= 15 is 4.39 Å². The van der Waals surface area contributed by atoms with Crippen molar-refractivity contribution >= 4 is 11.3 Å². The molecule has 2 saturated heterocycles. The Labute approximate surface area is 184 Å². The average molecular weight is 444 g/mol. The van der Waals surface area contributed by atoms with Crippen molar-refractivity contribution in [1.82, 2.24) is 24.9 Å². The van der Waals surface area contributed by atoms with Crippen molar-refractivity contribution in [2.75, 3.05) is 7.05 Å². The second kappa shape index (κ2) is 7.87. The molecule has 0 saturated carbocycles. The molecule has 7 nitrogen and oxygen atoms in total. The highest BCUT2D eigenvalue weighted by Gasteiger charge is 2.48. The summed E-state index contributed by atoms with van der Waals surface area (Å²) in [7, 11) is 2.02. The molecule has 2 aromatic heterocycles. The first-order valence-corrected chi connectivity index (χ1v) is 11.4. The first-order valence-electron chi connectivity index (χ1n) is 10.6. The third kappa shape index (κ3) is 3.70. The predicted molar refractivity (Wildman–Crippen MR) is 117 cm³/mol. The summed E-state index contributed by atoms with van der Waals surface area (Å²) < 4.78 is 22.9. The number of alkyl halides is 1. The summed E-state index contributed by atoms with van der Waals surface area (Å²) in [5.41, 5.74) is 2.21. The first kappa shape index (κ1) is 20.4. The van der Waals surface area contributed by atoms with Crippen LogP contribution < -0.4 is 4.74 Å². The van der Waals surface area contributed by atoms with Crippen LogP contribution in [0.4, 0.5) is 4.39 Å². The molecule has 164 valence electrons. The number of rotatable bonds is 4. The Morgan fingerprint density at radius 3 is 2.81 bits per heavy atom. The summed E-state index contributed by atoms with van der Waals surface area (Å²) in [5, 5.41) is 24.1.